The molecule has 1 aromatic heterocycles. The predicted octanol–water partition coefficient (Wildman–Crippen LogP) is 1.39. The normalized spacial score (nSPS) is 14.6. The average molecular weight is 279 g/mol. The van der Waals surface area contributed by atoms with Crippen LogP contribution in [0.4, 0.5) is 11.6 Å². The lowest BCUT2D eigenvalue weighted by molar-refractivity contribution is 0.126. The first kappa shape index (κ1) is 15.0. The molecule has 0 unspecified atom stereocenters. The third kappa shape index (κ3) is 4.94. The lowest BCUT2D eigenvalue weighted by atomic mass is 10.3. The number of anilines is 2. The molecule has 112 valence electrons. The largest absolute Gasteiger partial charge is 0.378 e. The second-order valence-electron chi connectivity index (χ2n) is 5.36. The number of likely N-dealkylation sites (N-methyl/N-ethyl adjacent to an activating group) is 1. The number of nitrogens with one attached hydrogen (secondary N) is 2. The van der Waals surface area contributed by atoms with Crippen LogP contribution in [0.3, 0.4) is 0 Å². The molecule has 0 atom stereocenters. The van der Waals surface area contributed by atoms with Crippen LogP contribution >= 0.6 is 0 Å². The van der Waals surface area contributed by atoms with Crippen molar-refractivity contribution in [1.82, 2.24) is 14.9 Å². The SMILES string of the molecule is CNc1cc(NCCOCCN(C)C)nc(C2CC2)n1. The van der Waals surface area contributed by atoms with E-state index in [9.17, 15) is 0 Å². The second-order valence-corrected chi connectivity index (χ2v) is 5.36. The molecule has 0 saturated heterocycles. The highest BCUT2D eigenvalue weighted by molar-refractivity contribution is 5.47. The summed E-state index contributed by atoms with van der Waals surface area (Å²) in [5.74, 6) is 3.26. The third-order valence-electron chi connectivity index (χ3n) is 3.18. The smallest absolute Gasteiger partial charge is 0.136 e. The van der Waals surface area contributed by atoms with Gasteiger partial charge in [0.25, 0.3) is 0 Å². The summed E-state index contributed by atoms with van der Waals surface area (Å²) in [6, 6.07) is 1.94. The van der Waals surface area contributed by atoms with Gasteiger partial charge in [-0.05, 0) is 26.9 Å². The maximum absolute atomic E-state index is 5.55. The molecule has 1 aliphatic carbocycles. The molecular formula is C14H25N5O. The van der Waals surface area contributed by atoms with E-state index in [0.29, 0.717) is 12.5 Å². The van der Waals surface area contributed by atoms with Gasteiger partial charge in [-0.1, -0.05) is 0 Å². The Morgan fingerprint density at radius 1 is 1.25 bits per heavy atom. The number of hydrogen-bond donors (Lipinski definition) is 2. The van der Waals surface area contributed by atoms with E-state index < -0.39 is 0 Å². The zero-order valence-corrected chi connectivity index (χ0v) is 12.6. The lowest BCUT2D eigenvalue weighted by Crippen LogP contribution is -2.20. The molecule has 0 aromatic carbocycles. The molecule has 1 heterocycles. The maximum atomic E-state index is 5.55. The van der Waals surface area contributed by atoms with Crippen LogP contribution in [0.2, 0.25) is 0 Å². The fourth-order valence-corrected chi connectivity index (χ4v) is 1.81. The molecule has 0 spiro atoms. The quantitative estimate of drug-likeness (QED) is 0.666. The van der Waals surface area contributed by atoms with E-state index in [-0.39, 0.29) is 0 Å². The van der Waals surface area contributed by atoms with Gasteiger partial charge in [-0.25, -0.2) is 9.97 Å². The van der Waals surface area contributed by atoms with Gasteiger partial charge < -0.3 is 20.3 Å². The number of nitrogens with zero attached hydrogens (tertiary/aromatic N) is 3. The standard InChI is InChI=1S/C14H25N5O/c1-15-12-10-13(18-14(17-12)11-4-5-11)16-6-8-20-9-7-19(2)3/h10-11H,4-9H2,1-3H3,(H2,15,16,17,18). The maximum Gasteiger partial charge on any atom is 0.136 e. The van der Waals surface area contributed by atoms with Crippen molar-refractivity contribution in [2.24, 2.45) is 0 Å². The minimum Gasteiger partial charge on any atom is -0.378 e. The van der Waals surface area contributed by atoms with Crippen molar-refractivity contribution in [2.75, 3.05) is 58.1 Å². The number of hydrogen-bond acceptors (Lipinski definition) is 6. The summed E-state index contributed by atoms with van der Waals surface area (Å²) >= 11 is 0. The Kier molecular flexibility index (Phi) is 5.55. The Labute approximate surface area is 120 Å². The van der Waals surface area contributed by atoms with Crippen molar-refractivity contribution in [1.29, 1.82) is 0 Å². The number of rotatable bonds is 9. The molecule has 1 aliphatic rings. The van der Waals surface area contributed by atoms with Crippen molar-refractivity contribution in [2.45, 2.75) is 18.8 Å². The topological polar surface area (TPSA) is 62.3 Å². The van der Waals surface area contributed by atoms with E-state index in [1.54, 1.807) is 0 Å². The van der Waals surface area contributed by atoms with E-state index in [1.165, 1.54) is 12.8 Å². The molecule has 6 nitrogen and oxygen atoms in total. The van der Waals surface area contributed by atoms with Crippen LogP contribution in [0.1, 0.15) is 24.6 Å². The summed E-state index contributed by atoms with van der Waals surface area (Å²) < 4.78 is 5.55. The summed E-state index contributed by atoms with van der Waals surface area (Å²) in [5.41, 5.74) is 0. The molecule has 0 amide bonds. The average Bonchev–Trinajstić information content (AvgIpc) is 3.26. The first-order valence-corrected chi connectivity index (χ1v) is 7.22. The first-order valence-electron chi connectivity index (χ1n) is 7.22. The monoisotopic (exact) mass is 279 g/mol. The van der Waals surface area contributed by atoms with Gasteiger partial charge in [0, 0.05) is 32.1 Å². The van der Waals surface area contributed by atoms with Gasteiger partial charge in [0.2, 0.25) is 0 Å². The van der Waals surface area contributed by atoms with Crippen LogP contribution in [0, 0.1) is 0 Å². The second kappa shape index (κ2) is 7.40. The highest BCUT2D eigenvalue weighted by Gasteiger charge is 2.27. The summed E-state index contributed by atoms with van der Waals surface area (Å²) in [7, 11) is 5.97. The molecule has 0 aliphatic heterocycles. The van der Waals surface area contributed by atoms with Gasteiger partial charge in [0.1, 0.15) is 17.5 Å². The summed E-state index contributed by atoms with van der Waals surface area (Å²) in [6.07, 6.45) is 2.42. The third-order valence-corrected chi connectivity index (χ3v) is 3.18. The van der Waals surface area contributed by atoms with Crippen molar-refractivity contribution in [3.05, 3.63) is 11.9 Å². The molecule has 1 saturated carbocycles. The summed E-state index contributed by atoms with van der Waals surface area (Å²) in [5, 5.41) is 6.39. The molecule has 1 aromatic rings. The van der Waals surface area contributed by atoms with Gasteiger partial charge in [-0.15, -0.1) is 0 Å². The Bertz CT molecular complexity index is 420. The molecule has 2 N–H and O–H groups in total. The molecule has 0 radical (unpaired) electrons. The number of ether oxygens (including phenoxy) is 1. The molecule has 1 fully saturated rings. The van der Waals surface area contributed by atoms with Crippen LogP contribution in [0.5, 0.6) is 0 Å². The van der Waals surface area contributed by atoms with Gasteiger partial charge in [-0.2, -0.15) is 0 Å². The van der Waals surface area contributed by atoms with Crippen LogP contribution in [0.15, 0.2) is 6.07 Å². The van der Waals surface area contributed by atoms with E-state index in [1.807, 2.05) is 27.2 Å². The molecule has 2 rings (SSSR count). The van der Waals surface area contributed by atoms with Crippen molar-refractivity contribution < 1.29 is 4.74 Å². The molecule has 0 bridgehead atoms. The zero-order valence-electron chi connectivity index (χ0n) is 12.6. The Hall–Kier alpha value is -1.40. The fraction of sp³-hybridized carbons (Fsp3) is 0.714. The summed E-state index contributed by atoms with van der Waals surface area (Å²) in [6.45, 7) is 3.15. The molecule has 6 heteroatoms. The van der Waals surface area contributed by atoms with E-state index in [4.69, 9.17) is 4.74 Å². The summed E-state index contributed by atoms with van der Waals surface area (Å²) in [4.78, 5) is 11.2. The molecular weight excluding hydrogens is 254 g/mol. The minimum atomic E-state index is 0.556. The fourth-order valence-electron chi connectivity index (χ4n) is 1.81. The predicted molar refractivity (Wildman–Crippen MR) is 81.4 cm³/mol. The van der Waals surface area contributed by atoms with E-state index in [0.717, 1.165) is 37.2 Å². The Balaban J connectivity index is 1.75. The van der Waals surface area contributed by atoms with E-state index >= 15 is 0 Å². The Morgan fingerprint density at radius 2 is 2.00 bits per heavy atom. The van der Waals surface area contributed by atoms with Crippen LogP contribution in [0.25, 0.3) is 0 Å². The van der Waals surface area contributed by atoms with Gasteiger partial charge >= 0.3 is 0 Å². The van der Waals surface area contributed by atoms with Crippen molar-refractivity contribution >= 4 is 11.6 Å². The lowest BCUT2D eigenvalue weighted by Gasteiger charge is -2.11. The van der Waals surface area contributed by atoms with Crippen LogP contribution in [-0.2, 0) is 4.74 Å². The van der Waals surface area contributed by atoms with Crippen molar-refractivity contribution in [3.8, 4) is 0 Å². The number of aromatic nitrogens is 2. The van der Waals surface area contributed by atoms with Gasteiger partial charge in [0.05, 0.1) is 13.2 Å². The zero-order chi connectivity index (χ0) is 14.4. The minimum absolute atomic E-state index is 0.556. The first-order chi connectivity index (χ1) is 9.69. The van der Waals surface area contributed by atoms with Crippen molar-refractivity contribution in [3.63, 3.8) is 0 Å². The van der Waals surface area contributed by atoms with E-state index in [2.05, 4.69) is 25.5 Å². The Morgan fingerprint density at radius 3 is 2.65 bits per heavy atom. The highest BCUT2D eigenvalue weighted by Crippen LogP contribution is 2.38. The van der Waals surface area contributed by atoms with Gasteiger partial charge in [-0.3, -0.25) is 0 Å². The van der Waals surface area contributed by atoms with Crippen LogP contribution in [-0.4, -0.2) is 62.3 Å². The molecule has 20 heavy (non-hydrogen) atoms. The van der Waals surface area contributed by atoms with Gasteiger partial charge in [0.15, 0.2) is 0 Å². The van der Waals surface area contributed by atoms with Crippen LogP contribution < -0.4 is 10.6 Å². The highest BCUT2D eigenvalue weighted by atomic mass is 16.5.